The van der Waals surface area contributed by atoms with Crippen LogP contribution >= 0.6 is 0 Å². The molecule has 212 valence electrons. The Morgan fingerprint density at radius 3 is 2.56 bits per heavy atom. The Balaban J connectivity index is 1.07. The summed E-state index contributed by atoms with van der Waals surface area (Å²) in [4.78, 5) is 34.2. The Morgan fingerprint density at radius 2 is 1.85 bits per heavy atom. The van der Waals surface area contributed by atoms with Crippen molar-refractivity contribution in [2.45, 2.75) is 18.9 Å². The molecule has 1 unspecified atom stereocenters. The van der Waals surface area contributed by atoms with Gasteiger partial charge in [-0.15, -0.1) is 0 Å². The van der Waals surface area contributed by atoms with Crippen LogP contribution in [-0.2, 0) is 27.1 Å². The summed E-state index contributed by atoms with van der Waals surface area (Å²) in [5.74, 6) is 1.86. The number of carbonyl (C=O) groups excluding carboxylic acids is 1. The number of pyridine rings is 1. The topological polar surface area (TPSA) is 111 Å². The molecule has 41 heavy (non-hydrogen) atoms. The minimum Gasteiger partial charge on any atom is -0.462 e. The summed E-state index contributed by atoms with van der Waals surface area (Å²) in [5.41, 5.74) is 3.10. The first-order valence-electron chi connectivity index (χ1n) is 13.7. The number of anilines is 1. The summed E-state index contributed by atoms with van der Waals surface area (Å²) < 4.78 is 17.1. The van der Waals surface area contributed by atoms with Gasteiger partial charge >= 0.3 is 0 Å². The van der Waals surface area contributed by atoms with Crippen LogP contribution in [0, 0.1) is 10.1 Å². The third-order valence-corrected chi connectivity index (χ3v) is 7.75. The van der Waals surface area contributed by atoms with E-state index in [9.17, 15) is 14.9 Å². The zero-order valence-electron chi connectivity index (χ0n) is 22.6. The average molecular weight is 558 g/mol. The van der Waals surface area contributed by atoms with E-state index in [2.05, 4.69) is 26.9 Å². The number of piperazine rings is 1. The third kappa shape index (κ3) is 5.94. The fourth-order valence-electron chi connectivity index (χ4n) is 5.60. The van der Waals surface area contributed by atoms with E-state index in [1.165, 1.54) is 23.9 Å². The van der Waals surface area contributed by atoms with Crippen molar-refractivity contribution in [2.24, 2.45) is 0 Å². The molecule has 0 bridgehead atoms. The lowest BCUT2D eigenvalue weighted by Gasteiger charge is -2.39. The molecule has 11 heteroatoms. The summed E-state index contributed by atoms with van der Waals surface area (Å²) in [6.45, 7) is 4.04. The summed E-state index contributed by atoms with van der Waals surface area (Å²) in [6.07, 6.45) is 4.44. The molecule has 1 aromatic heterocycles. The number of ether oxygens (including phenoxy) is 3. The summed E-state index contributed by atoms with van der Waals surface area (Å²) in [7, 11) is 0. The molecule has 0 radical (unpaired) electrons. The van der Waals surface area contributed by atoms with E-state index in [0.717, 1.165) is 42.9 Å². The van der Waals surface area contributed by atoms with Crippen LogP contribution in [0.1, 0.15) is 11.1 Å². The Morgan fingerprint density at radius 1 is 1.02 bits per heavy atom. The quantitative estimate of drug-likeness (QED) is 0.287. The van der Waals surface area contributed by atoms with Crippen molar-refractivity contribution >= 4 is 17.3 Å². The molecule has 1 fully saturated rings. The number of benzene rings is 2. The smallest absolute Gasteiger partial charge is 0.287 e. The summed E-state index contributed by atoms with van der Waals surface area (Å²) in [6, 6.07) is 19.0. The van der Waals surface area contributed by atoms with Crippen LogP contribution in [0.3, 0.4) is 0 Å². The standard InChI is InChI=1S/C30H31N5O6/c36-30(33-15-13-32(14-16-33)26(28-20-39-21-40-28)17-22-5-2-1-3-6-22)19-34-12-11-24-25(34)7-4-8-27(24)41-29-10-9-23(18-31-29)35(37)38/h1-10,18,20,26H,11-17,19,21H2. The number of carbonyl (C=O) groups is 1. The van der Waals surface area contributed by atoms with Gasteiger partial charge in [-0.2, -0.15) is 0 Å². The molecule has 6 rings (SSSR count). The van der Waals surface area contributed by atoms with E-state index >= 15 is 0 Å². The molecule has 3 aliphatic rings. The Kier molecular flexibility index (Phi) is 7.68. The molecule has 0 spiro atoms. The van der Waals surface area contributed by atoms with Gasteiger partial charge in [-0.25, -0.2) is 4.98 Å². The largest absolute Gasteiger partial charge is 0.462 e. The van der Waals surface area contributed by atoms with E-state index < -0.39 is 4.92 Å². The summed E-state index contributed by atoms with van der Waals surface area (Å²) >= 11 is 0. The van der Waals surface area contributed by atoms with Crippen LogP contribution in [0.4, 0.5) is 11.4 Å². The van der Waals surface area contributed by atoms with Gasteiger partial charge < -0.3 is 24.0 Å². The molecule has 1 saturated heterocycles. The lowest BCUT2D eigenvalue weighted by atomic mass is 10.0. The van der Waals surface area contributed by atoms with E-state index in [1.807, 2.05) is 41.3 Å². The van der Waals surface area contributed by atoms with E-state index in [4.69, 9.17) is 14.2 Å². The van der Waals surface area contributed by atoms with Crippen molar-refractivity contribution in [2.75, 3.05) is 51.0 Å². The monoisotopic (exact) mass is 557 g/mol. The fraction of sp³-hybridized carbons (Fsp3) is 0.333. The van der Waals surface area contributed by atoms with Gasteiger partial charge in [-0.05, 0) is 30.5 Å². The third-order valence-electron chi connectivity index (χ3n) is 7.75. The van der Waals surface area contributed by atoms with Crippen LogP contribution in [0.5, 0.6) is 11.6 Å². The van der Waals surface area contributed by atoms with Gasteiger partial charge in [0.25, 0.3) is 5.69 Å². The highest BCUT2D eigenvalue weighted by atomic mass is 16.7. The number of amides is 1. The second-order valence-electron chi connectivity index (χ2n) is 10.2. The van der Waals surface area contributed by atoms with Gasteiger partial charge in [0, 0.05) is 56.1 Å². The summed E-state index contributed by atoms with van der Waals surface area (Å²) in [5, 5.41) is 10.9. The Hall–Kier alpha value is -4.64. The molecule has 0 saturated carbocycles. The number of hydrogen-bond acceptors (Lipinski definition) is 9. The molecule has 3 aromatic rings. The SMILES string of the molecule is O=C(CN1CCc2c(Oc3ccc([N+](=O)[O-])cn3)cccc21)N1CCN(C(Cc2ccccc2)C2=COCO2)CC1. The lowest BCUT2D eigenvalue weighted by molar-refractivity contribution is -0.385. The van der Waals surface area contributed by atoms with Crippen LogP contribution < -0.4 is 9.64 Å². The predicted molar refractivity (Wildman–Crippen MR) is 151 cm³/mol. The van der Waals surface area contributed by atoms with E-state index in [0.29, 0.717) is 31.9 Å². The molecular formula is C30H31N5O6. The highest BCUT2D eigenvalue weighted by molar-refractivity contribution is 5.83. The maximum Gasteiger partial charge on any atom is 0.287 e. The number of aromatic nitrogens is 1. The predicted octanol–water partition coefficient (Wildman–Crippen LogP) is 3.75. The first-order valence-corrected chi connectivity index (χ1v) is 13.7. The molecule has 11 nitrogen and oxygen atoms in total. The van der Waals surface area contributed by atoms with Gasteiger partial charge in [0.1, 0.15) is 18.2 Å². The highest BCUT2D eigenvalue weighted by Crippen LogP contribution is 2.37. The molecule has 0 N–H and O–H groups in total. The zero-order chi connectivity index (χ0) is 28.2. The number of rotatable bonds is 9. The normalized spacial score (nSPS) is 17.3. The van der Waals surface area contributed by atoms with Crippen molar-refractivity contribution in [3.8, 4) is 11.6 Å². The maximum absolute atomic E-state index is 13.4. The number of fused-ring (bicyclic) bond motifs is 1. The van der Waals surface area contributed by atoms with Gasteiger partial charge in [-0.3, -0.25) is 19.8 Å². The molecule has 3 aliphatic heterocycles. The highest BCUT2D eigenvalue weighted by Gasteiger charge is 2.32. The van der Waals surface area contributed by atoms with Gasteiger partial charge in [0.15, 0.2) is 5.76 Å². The molecule has 2 aromatic carbocycles. The molecule has 0 aliphatic carbocycles. The second kappa shape index (κ2) is 11.8. The van der Waals surface area contributed by atoms with Gasteiger partial charge in [-0.1, -0.05) is 36.4 Å². The Bertz CT molecular complexity index is 1420. The number of hydrogen-bond donors (Lipinski definition) is 0. The Labute approximate surface area is 237 Å². The minimum atomic E-state index is -0.495. The van der Waals surface area contributed by atoms with Crippen molar-refractivity contribution < 1.29 is 23.9 Å². The van der Waals surface area contributed by atoms with Crippen LogP contribution in [0.2, 0.25) is 0 Å². The van der Waals surface area contributed by atoms with Gasteiger partial charge in [0.05, 0.1) is 17.5 Å². The lowest BCUT2D eigenvalue weighted by Crippen LogP contribution is -2.54. The first-order chi connectivity index (χ1) is 20.0. The zero-order valence-corrected chi connectivity index (χ0v) is 22.6. The average Bonchev–Trinajstić information content (AvgIpc) is 3.68. The van der Waals surface area contributed by atoms with Crippen molar-refractivity contribution in [1.82, 2.24) is 14.8 Å². The molecular weight excluding hydrogens is 526 g/mol. The van der Waals surface area contributed by atoms with Crippen LogP contribution in [-0.4, -0.2) is 77.7 Å². The van der Waals surface area contributed by atoms with Crippen LogP contribution in [0.15, 0.2) is 78.9 Å². The van der Waals surface area contributed by atoms with E-state index in [-0.39, 0.29) is 30.3 Å². The first kappa shape index (κ1) is 26.6. The maximum atomic E-state index is 13.4. The number of nitrogens with zero attached hydrogens (tertiary/aromatic N) is 5. The molecule has 1 atom stereocenters. The van der Waals surface area contributed by atoms with Crippen molar-refractivity contribution in [3.63, 3.8) is 0 Å². The molecule has 4 heterocycles. The van der Waals surface area contributed by atoms with Crippen molar-refractivity contribution in [1.29, 1.82) is 0 Å². The fourth-order valence-corrected chi connectivity index (χ4v) is 5.60. The van der Waals surface area contributed by atoms with Crippen LogP contribution in [0.25, 0.3) is 0 Å². The minimum absolute atomic E-state index is 0.0614. The second-order valence-corrected chi connectivity index (χ2v) is 10.2. The van der Waals surface area contributed by atoms with Gasteiger partial charge in [0.2, 0.25) is 18.6 Å². The molecule has 1 amide bonds. The van der Waals surface area contributed by atoms with Crippen molar-refractivity contribution in [3.05, 3.63) is 100 Å². The van der Waals surface area contributed by atoms with E-state index in [1.54, 1.807) is 6.26 Å². The number of nitro groups is 1.